The van der Waals surface area contributed by atoms with Crippen molar-refractivity contribution in [2.75, 3.05) is 0 Å². The van der Waals surface area contributed by atoms with Crippen LogP contribution in [0.15, 0.2) is 125 Å². The van der Waals surface area contributed by atoms with Gasteiger partial charge in [0.05, 0.1) is 16.5 Å². The summed E-state index contributed by atoms with van der Waals surface area (Å²) in [4.78, 5) is 37.4. The van der Waals surface area contributed by atoms with Gasteiger partial charge in [-0.05, 0) is 125 Å². The van der Waals surface area contributed by atoms with E-state index in [0.29, 0.717) is 16.5 Å². The molecule has 0 fully saturated rings. The van der Waals surface area contributed by atoms with Crippen LogP contribution in [-0.4, -0.2) is 14.5 Å². The van der Waals surface area contributed by atoms with Crippen molar-refractivity contribution in [3.05, 3.63) is 136 Å². The van der Waals surface area contributed by atoms with Crippen LogP contribution in [0, 0.1) is 0 Å². The minimum atomic E-state index is -0.290. The molecule has 198 valence electrons. The van der Waals surface area contributed by atoms with Crippen LogP contribution in [0.4, 0.5) is 0 Å². The SMILES string of the molecule is O=c1c2c3cc(-c4ccncc4)c4ccc5ccc6c(-c7ccncc7)cc(c2c(=O)n1-c1ccccc1)c1c6c5c4c31. The maximum absolute atomic E-state index is 14.4. The van der Waals surface area contributed by atoms with Crippen LogP contribution >= 0.6 is 0 Å². The van der Waals surface area contributed by atoms with Crippen molar-refractivity contribution >= 4 is 64.6 Å². The van der Waals surface area contributed by atoms with Gasteiger partial charge in [-0.25, -0.2) is 4.57 Å². The highest BCUT2D eigenvalue weighted by molar-refractivity contribution is 6.50. The fraction of sp³-hybridized carbons (Fsp3) is 0. The molecule has 0 unspecified atom stereocenters. The lowest BCUT2D eigenvalue weighted by molar-refractivity contribution is 0.992. The summed E-state index contributed by atoms with van der Waals surface area (Å²) in [7, 11) is 0. The molecule has 0 aliphatic carbocycles. The molecule has 0 saturated heterocycles. The molecule has 10 rings (SSSR count). The number of nitrogens with zero attached hydrogens (tertiary/aromatic N) is 3. The summed E-state index contributed by atoms with van der Waals surface area (Å²) in [6.45, 7) is 0. The molecule has 0 radical (unpaired) electrons. The Labute approximate surface area is 243 Å². The number of hydrogen-bond donors (Lipinski definition) is 0. The fourth-order valence-electron chi connectivity index (χ4n) is 7.54. The lowest BCUT2D eigenvalue weighted by Gasteiger charge is -2.12. The predicted octanol–water partition coefficient (Wildman–Crippen LogP) is 7.99. The standard InChI is InChI=1S/C38H19N3O2/c42-37-35-28-18-26(20-10-14-39-15-11-20)24-8-6-22-7-9-25-27(21-12-16-40-17-13-21)19-29(34-32(25)30(22)31(24)33(28)34)36(35)38(43)41(37)23-4-2-1-3-5-23/h1-19H. The summed E-state index contributed by atoms with van der Waals surface area (Å²) in [6.07, 6.45) is 7.16. The zero-order valence-electron chi connectivity index (χ0n) is 22.6. The van der Waals surface area contributed by atoms with E-state index < -0.39 is 0 Å². The van der Waals surface area contributed by atoms with Crippen LogP contribution in [0.1, 0.15) is 0 Å². The summed E-state index contributed by atoms with van der Waals surface area (Å²) in [6, 6.07) is 30.2. The van der Waals surface area contributed by atoms with Gasteiger partial charge < -0.3 is 0 Å². The second-order valence-corrected chi connectivity index (χ2v) is 11.3. The minimum Gasteiger partial charge on any atom is -0.268 e. The van der Waals surface area contributed by atoms with Crippen molar-refractivity contribution in [2.45, 2.75) is 0 Å². The van der Waals surface area contributed by atoms with Crippen LogP contribution in [0.2, 0.25) is 0 Å². The van der Waals surface area contributed by atoms with Gasteiger partial charge in [-0.3, -0.25) is 19.6 Å². The van der Waals surface area contributed by atoms with Crippen LogP contribution in [0.3, 0.4) is 0 Å². The third-order valence-electron chi connectivity index (χ3n) is 9.25. The first-order valence-electron chi connectivity index (χ1n) is 14.2. The average Bonchev–Trinajstić information content (AvgIpc) is 3.56. The Kier molecular flexibility index (Phi) is 4.16. The molecular weight excluding hydrogens is 530 g/mol. The molecule has 0 N–H and O–H groups in total. The van der Waals surface area contributed by atoms with E-state index in [1.807, 2.05) is 54.6 Å². The average molecular weight is 550 g/mol. The summed E-state index contributed by atoms with van der Waals surface area (Å²) >= 11 is 0. The normalized spacial score (nSPS) is 12.4. The van der Waals surface area contributed by atoms with Crippen molar-refractivity contribution in [3.63, 3.8) is 0 Å². The molecule has 10 aromatic rings. The molecule has 0 atom stereocenters. The fourth-order valence-corrected chi connectivity index (χ4v) is 7.54. The highest BCUT2D eigenvalue weighted by Crippen LogP contribution is 2.53. The number of fused-ring (bicyclic) bond motifs is 3. The summed E-state index contributed by atoms with van der Waals surface area (Å²) in [5, 5.41) is 11.5. The van der Waals surface area contributed by atoms with Gasteiger partial charge in [-0.15, -0.1) is 0 Å². The van der Waals surface area contributed by atoms with Gasteiger partial charge in [0.25, 0.3) is 11.1 Å². The van der Waals surface area contributed by atoms with E-state index in [9.17, 15) is 9.59 Å². The molecule has 3 heterocycles. The zero-order chi connectivity index (χ0) is 28.4. The molecular formula is C38H19N3O2. The largest absolute Gasteiger partial charge is 0.268 e. The Balaban J connectivity index is 1.55. The Bertz CT molecular complexity index is 2620. The lowest BCUT2D eigenvalue weighted by atomic mass is 9.89. The second-order valence-electron chi connectivity index (χ2n) is 11.3. The molecule has 0 spiro atoms. The van der Waals surface area contributed by atoms with E-state index in [1.165, 1.54) is 9.95 Å². The number of pyridine rings is 2. The van der Waals surface area contributed by atoms with Crippen LogP contribution in [0.5, 0.6) is 0 Å². The zero-order valence-corrected chi connectivity index (χ0v) is 22.6. The first-order valence-corrected chi connectivity index (χ1v) is 14.2. The van der Waals surface area contributed by atoms with Crippen molar-refractivity contribution in [1.29, 1.82) is 0 Å². The van der Waals surface area contributed by atoms with Gasteiger partial charge in [-0.2, -0.15) is 0 Å². The van der Waals surface area contributed by atoms with E-state index in [2.05, 4.69) is 46.4 Å². The van der Waals surface area contributed by atoms with E-state index >= 15 is 0 Å². The van der Waals surface area contributed by atoms with Gasteiger partial charge in [0.15, 0.2) is 0 Å². The molecule has 3 aromatic heterocycles. The quantitative estimate of drug-likeness (QED) is 0.210. The Morgan fingerprint density at radius 3 is 1.40 bits per heavy atom. The van der Waals surface area contributed by atoms with Gasteiger partial charge in [0.1, 0.15) is 0 Å². The van der Waals surface area contributed by atoms with Crippen LogP contribution in [0.25, 0.3) is 92.6 Å². The van der Waals surface area contributed by atoms with E-state index in [-0.39, 0.29) is 11.1 Å². The minimum absolute atomic E-state index is 0.290. The smallest absolute Gasteiger partial charge is 0.266 e. The molecule has 0 bridgehead atoms. The third kappa shape index (κ3) is 2.72. The molecule has 0 aliphatic rings. The lowest BCUT2D eigenvalue weighted by Crippen LogP contribution is -2.23. The molecule has 7 aromatic carbocycles. The maximum atomic E-state index is 14.4. The first kappa shape index (κ1) is 22.7. The van der Waals surface area contributed by atoms with Crippen molar-refractivity contribution in [1.82, 2.24) is 14.5 Å². The van der Waals surface area contributed by atoms with E-state index in [1.54, 1.807) is 24.8 Å². The number of benzene rings is 6. The molecule has 0 aliphatic heterocycles. The number of aromatic nitrogens is 3. The van der Waals surface area contributed by atoms with Crippen LogP contribution < -0.4 is 11.1 Å². The first-order chi connectivity index (χ1) is 21.2. The Morgan fingerprint density at radius 2 is 0.907 bits per heavy atom. The van der Waals surface area contributed by atoms with Gasteiger partial charge >= 0.3 is 0 Å². The summed E-state index contributed by atoms with van der Waals surface area (Å²) in [5.41, 5.74) is 4.06. The molecule has 5 nitrogen and oxygen atoms in total. The summed E-state index contributed by atoms with van der Waals surface area (Å²) < 4.78 is 1.34. The molecule has 5 heteroatoms. The summed E-state index contributed by atoms with van der Waals surface area (Å²) in [5.74, 6) is 0. The Hall–Kier alpha value is -5.94. The van der Waals surface area contributed by atoms with Crippen molar-refractivity contribution in [2.24, 2.45) is 0 Å². The maximum Gasteiger partial charge on any atom is 0.266 e. The predicted molar refractivity (Wildman–Crippen MR) is 175 cm³/mol. The van der Waals surface area contributed by atoms with Gasteiger partial charge in [-0.1, -0.05) is 42.5 Å². The monoisotopic (exact) mass is 549 g/mol. The number of hydrogen-bond acceptors (Lipinski definition) is 4. The van der Waals surface area contributed by atoms with Crippen LogP contribution in [-0.2, 0) is 0 Å². The number of rotatable bonds is 3. The third-order valence-corrected chi connectivity index (χ3v) is 9.25. The van der Waals surface area contributed by atoms with E-state index in [4.69, 9.17) is 0 Å². The Morgan fingerprint density at radius 1 is 0.442 bits per heavy atom. The molecule has 0 saturated carbocycles. The highest BCUT2D eigenvalue weighted by atomic mass is 16.2. The van der Waals surface area contributed by atoms with Gasteiger partial charge in [0, 0.05) is 24.8 Å². The van der Waals surface area contributed by atoms with E-state index in [0.717, 1.165) is 70.7 Å². The molecule has 43 heavy (non-hydrogen) atoms. The number of para-hydroxylation sites is 1. The van der Waals surface area contributed by atoms with Crippen molar-refractivity contribution < 1.29 is 0 Å². The topological polar surface area (TPSA) is 64.8 Å². The van der Waals surface area contributed by atoms with Crippen molar-refractivity contribution in [3.8, 4) is 27.9 Å². The van der Waals surface area contributed by atoms with Gasteiger partial charge in [0.2, 0.25) is 0 Å². The molecule has 0 amide bonds. The second kappa shape index (κ2) is 7.87. The highest BCUT2D eigenvalue weighted by Gasteiger charge is 2.29.